The minimum atomic E-state index is -0.0689. The summed E-state index contributed by atoms with van der Waals surface area (Å²) in [6, 6.07) is 15.9. The molecule has 0 saturated carbocycles. The van der Waals surface area contributed by atoms with Crippen molar-refractivity contribution in [3.63, 3.8) is 0 Å². The molecule has 7 heteroatoms. The molecule has 0 aliphatic carbocycles. The smallest absolute Gasteiger partial charge is 0.234 e. The number of ether oxygens (including phenoxy) is 1. The normalized spacial score (nSPS) is 10.7. The molecule has 0 unspecified atom stereocenters. The largest absolute Gasteiger partial charge is 0.493 e. The Morgan fingerprint density at radius 3 is 2.69 bits per heavy atom. The number of hydrogen-bond acceptors (Lipinski definition) is 5. The zero-order valence-electron chi connectivity index (χ0n) is 18.7. The van der Waals surface area contributed by atoms with Crippen molar-refractivity contribution in [3.8, 4) is 5.75 Å². The molecule has 0 radical (unpaired) electrons. The number of rotatable bonds is 12. The molecule has 0 aliphatic heterocycles. The summed E-state index contributed by atoms with van der Waals surface area (Å²) >= 11 is 1.38. The first kappa shape index (κ1) is 23.6. The minimum Gasteiger partial charge on any atom is -0.493 e. The molecule has 0 saturated heterocycles. The number of amides is 1. The van der Waals surface area contributed by atoms with Crippen LogP contribution >= 0.6 is 11.8 Å². The van der Waals surface area contributed by atoms with Crippen LogP contribution in [0.4, 0.5) is 5.69 Å². The van der Waals surface area contributed by atoms with Gasteiger partial charge in [-0.15, -0.1) is 16.8 Å². The van der Waals surface area contributed by atoms with Gasteiger partial charge in [0.25, 0.3) is 0 Å². The Morgan fingerprint density at radius 2 is 1.97 bits per heavy atom. The highest BCUT2D eigenvalue weighted by atomic mass is 32.2. The lowest BCUT2D eigenvalue weighted by atomic mass is 10.1. The first-order valence-corrected chi connectivity index (χ1v) is 11.8. The van der Waals surface area contributed by atoms with Gasteiger partial charge in [0.1, 0.15) is 11.6 Å². The number of thioether (sulfide) groups is 1. The molecule has 1 amide bonds. The second-order valence-electron chi connectivity index (χ2n) is 7.40. The van der Waals surface area contributed by atoms with Crippen molar-refractivity contribution < 1.29 is 9.53 Å². The van der Waals surface area contributed by atoms with E-state index in [0.717, 1.165) is 47.2 Å². The highest BCUT2D eigenvalue weighted by molar-refractivity contribution is 7.99. The number of benzene rings is 2. The van der Waals surface area contributed by atoms with Crippen LogP contribution in [-0.2, 0) is 24.2 Å². The molecule has 168 valence electrons. The Hall–Kier alpha value is -3.06. The summed E-state index contributed by atoms with van der Waals surface area (Å²) in [5, 5.41) is 12.3. The van der Waals surface area contributed by atoms with Gasteiger partial charge in [-0.3, -0.25) is 4.79 Å². The second kappa shape index (κ2) is 12.1. The van der Waals surface area contributed by atoms with Crippen LogP contribution in [0, 0.1) is 6.92 Å². The summed E-state index contributed by atoms with van der Waals surface area (Å²) in [5.74, 6) is 1.98. The average Bonchev–Trinajstić information content (AvgIpc) is 3.18. The van der Waals surface area contributed by atoms with Gasteiger partial charge in [-0.2, -0.15) is 0 Å². The van der Waals surface area contributed by atoms with Crippen molar-refractivity contribution in [2.45, 2.75) is 44.8 Å². The molecule has 1 aromatic heterocycles. The van der Waals surface area contributed by atoms with Crippen molar-refractivity contribution in [2.75, 3.05) is 17.7 Å². The van der Waals surface area contributed by atoms with Gasteiger partial charge in [0.15, 0.2) is 5.16 Å². The lowest BCUT2D eigenvalue weighted by Gasteiger charge is -2.10. The Kier molecular flexibility index (Phi) is 8.92. The number of hydrogen-bond donors (Lipinski definition) is 1. The van der Waals surface area contributed by atoms with Crippen LogP contribution in [0.5, 0.6) is 5.75 Å². The summed E-state index contributed by atoms with van der Waals surface area (Å²) in [6.45, 7) is 9.19. The zero-order chi connectivity index (χ0) is 22.8. The van der Waals surface area contributed by atoms with Gasteiger partial charge in [-0.1, -0.05) is 55.1 Å². The van der Waals surface area contributed by atoms with E-state index in [4.69, 9.17) is 4.74 Å². The third-order valence-electron chi connectivity index (χ3n) is 4.98. The molecule has 0 aliphatic rings. The third kappa shape index (κ3) is 6.72. The van der Waals surface area contributed by atoms with E-state index in [0.29, 0.717) is 13.2 Å². The van der Waals surface area contributed by atoms with Gasteiger partial charge in [-0.25, -0.2) is 0 Å². The van der Waals surface area contributed by atoms with E-state index in [9.17, 15) is 4.79 Å². The molecule has 1 heterocycles. The van der Waals surface area contributed by atoms with Crippen LogP contribution in [0.15, 0.2) is 66.3 Å². The fraction of sp³-hybridized carbons (Fsp3) is 0.320. The molecule has 0 spiro atoms. The summed E-state index contributed by atoms with van der Waals surface area (Å²) in [7, 11) is 0. The molecule has 3 rings (SSSR count). The van der Waals surface area contributed by atoms with E-state index in [1.165, 1.54) is 17.3 Å². The van der Waals surface area contributed by atoms with Gasteiger partial charge in [-0.05, 0) is 49.1 Å². The van der Waals surface area contributed by atoms with Crippen LogP contribution in [0.3, 0.4) is 0 Å². The third-order valence-corrected chi connectivity index (χ3v) is 5.95. The van der Waals surface area contributed by atoms with Crippen molar-refractivity contribution >= 4 is 23.4 Å². The molecule has 2 aromatic carbocycles. The Balaban J connectivity index is 1.51. The molecular weight excluding hydrogens is 420 g/mol. The molecule has 0 atom stereocenters. The molecule has 32 heavy (non-hydrogen) atoms. The van der Waals surface area contributed by atoms with E-state index in [1.54, 1.807) is 0 Å². The van der Waals surface area contributed by atoms with E-state index in [-0.39, 0.29) is 11.7 Å². The second-order valence-corrected chi connectivity index (χ2v) is 8.35. The first-order chi connectivity index (χ1) is 15.6. The maximum atomic E-state index is 12.4. The van der Waals surface area contributed by atoms with Gasteiger partial charge in [0.2, 0.25) is 5.91 Å². The number of carbonyl (C=O) groups excluding carboxylic acids is 1. The number of aromatic nitrogens is 3. The van der Waals surface area contributed by atoms with E-state index in [1.807, 2.05) is 66.1 Å². The molecule has 3 aromatic rings. The minimum absolute atomic E-state index is 0.0689. The summed E-state index contributed by atoms with van der Waals surface area (Å²) in [6.07, 6.45) is 4.35. The fourth-order valence-electron chi connectivity index (χ4n) is 3.20. The number of carbonyl (C=O) groups is 1. The number of aryl methyl sites for hydroxylation is 3. The lowest BCUT2D eigenvalue weighted by Crippen LogP contribution is -2.15. The van der Waals surface area contributed by atoms with Crippen LogP contribution in [-0.4, -0.2) is 33.0 Å². The highest BCUT2D eigenvalue weighted by Crippen LogP contribution is 2.20. The number of nitrogens with zero attached hydrogens (tertiary/aromatic N) is 3. The lowest BCUT2D eigenvalue weighted by molar-refractivity contribution is -0.113. The highest BCUT2D eigenvalue weighted by Gasteiger charge is 2.14. The van der Waals surface area contributed by atoms with Crippen molar-refractivity contribution in [1.82, 2.24) is 14.8 Å². The SMILES string of the molecule is C=CCn1c(CCCOc2ccccc2C)nnc1SCC(=O)Nc1ccc(CC)cc1. The molecule has 1 N–H and O–H groups in total. The van der Waals surface area contributed by atoms with E-state index >= 15 is 0 Å². The van der Waals surface area contributed by atoms with Gasteiger partial charge >= 0.3 is 0 Å². The molecule has 0 bridgehead atoms. The van der Waals surface area contributed by atoms with Crippen LogP contribution in [0.1, 0.15) is 30.3 Å². The topological polar surface area (TPSA) is 69.0 Å². The summed E-state index contributed by atoms with van der Waals surface area (Å²) in [4.78, 5) is 12.4. The molecule has 0 fully saturated rings. The molecule has 6 nitrogen and oxygen atoms in total. The van der Waals surface area contributed by atoms with E-state index in [2.05, 4.69) is 29.0 Å². The maximum absolute atomic E-state index is 12.4. The van der Waals surface area contributed by atoms with Crippen molar-refractivity contribution in [2.24, 2.45) is 0 Å². The number of allylic oxidation sites excluding steroid dienone is 1. The number of nitrogens with one attached hydrogen (secondary N) is 1. The average molecular weight is 451 g/mol. The van der Waals surface area contributed by atoms with Crippen LogP contribution < -0.4 is 10.1 Å². The first-order valence-electron chi connectivity index (χ1n) is 10.8. The quantitative estimate of drug-likeness (QED) is 0.237. The Labute approximate surface area is 194 Å². The zero-order valence-corrected chi connectivity index (χ0v) is 19.5. The Morgan fingerprint density at radius 1 is 1.19 bits per heavy atom. The monoisotopic (exact) mass is 450 g/mol. The fourth-order valence-corrected chi connectivity index (χ4v) is 3.97. The predicted molar refractivity (Wildman–Crippen MR) is 130 cm³/mol. The Bertz CT molecular complexity index is 1030. The van der Waals surface area contributed by atoms with E-state index < -0.39 is 0 Å². The predicted octanol–water partition coefficient (Wildman–Crippen LogP) is 5.08. The summed E-state index contributed by atoms with van der Waals surface area (Å²) in [5.41, 5.74) is 3.17. The summed E-state index contributed by atoms with van der Waals surface area (Å²) < 4.78 is 7.89. The standard InChI is InChI=1S/C25H30N4O2S/c1-4-16-29-23(11-8-17-31-22-10-7-6-9-19(22)3)27-28-25(29)32-18-24(30)26-21-14-12-20(5-2)13-15-21/h4,6-7,9-10,12-15H,1,5,8,11,16-18H2,2-3H3,(H,26,30). The van der Waals surface area contributed by atoms with Crippen LogP contribution in [0.2, 0.25) is 0 Å². The van der Waals surface area contributed by atoms with Crippen LogP contribution in [0.25, 0.3) is 0 Å². The van der Waals surface area contributed by atoms with Crippen molar-refractivity contribution in [1.29, 1.82) is 0 Å². The van der Waals surface area contributed by atoms with Gasteiger partial charge in [0, 0.05) is 18.7 Å². The van der Waals surface area contributed by atoms with Gasteiger partial charge < -0.3 is 14.6 Å². The molecular formula is C25H30N4O2S. The number of anilines is 1. The van der Waals surface area contributed by atoms with Crippen molar-refractivity contribution in [3.05, 3.63) is 78.1 Å². The van der Waals surface area contributed by atoms with Gasteiger partial charge in [0.05, 0.1) is 12.4 Å². The number of para-hydroxylation sites is 1. The maximum Gasteiger partial charge on any atom is 0.234 e.